The van der Waals surface area contributed by atoms with Gasteiger partial charge in [-0.1, -0.05) is 36.7 Å². The first-order valence-corrected chi connectivity index (χ1v) is 21.9. The van der Waals surface area contributed by atoms with Crippen molar-refractivity contribution in [3.63, 3.8) is 0 Å². The number of carbonyl (C=O) groups excluding carboxylic acids is 2. The summed E-state index contributed by atoms with van der Waals surface area (Å²) in [6, 6.07) is 11.8. The Bertz CT molecular complexity index is 1920. The smallest absolute Gasteiger partial charge is 0.264 e. The number of nitrogens with zero attached hydrogens (tertiary/aromatic N) is 3. The third-order valence-electron chi connectivity index (χ3n) is 13.9. The number of hydrogen-bond donors (Lipinski definition) is 1. The number of halogens is 1. The van der Waals surface area contributed by atoms with Crippen LogP contribution < -0.4 is 14.4 Å². The number of aryl methyl sites for hydroxylation is 1. The van der Waals surface area contributed by atoms with Crippen molar-refractivity contribution in [1.29, 1.82) is 0 Å². The number of sulfonamides is 1. The number of rotatable bonds is 3. The van der Waals surface area contributed by atoms with E-state index >= 15 is 0 Å². The Morgan fingerprint density at radius 2 is 1.89 bits per heavy atom. The zero-order chi connectivity index (χ0) is 37.8. The molecule has 7 atom stereocenters. The first-order chi connectivity index (χ1) is 25.9. The van der Waals surface area contributed by atoms with Gasteiger partial charge in [-0.25, -0.2) is 13.1 Å². The second kappa shape index (κ2) is 14.8. The summed E-state index contributed by atoms with van der Waals surface area (Å²) < 4.78 is 43.0. The summed E-state index contributed by atoms with van der Waals surface area (Å²) >= 11 is 6.50. The van der Waals surface area contributed by atoms with Crippen molar-refractivity contribution in [1.82, 2.24) is 14.5 Å². The Labute approximate surface area is 325 Å². The highest BCUT2D eigenvalue weighted by Crippen LogP contribution is 2.49. The molecule has 1 N–H and O–H groups in total. The van der Waals surface area contributed by atoms with Gasteiger partial charge in [-0.05, 0) is 124 Å². The number of carbonyl (C=O) groups is 2. The number of methoxy groups -OCH3 is 1. The Morgan fingerprint density at radius 1 is 1.04 bits per heavy atom. The molecule has 0 radical (unpaired) electrons. The minimum absolute atomic E-state index is 0.162. The van der Waals surface area contributed by atoms with Gasteiger partial charge in [-0.2, -0.15) is 0 Å². The predicted molar refractivity (Wildman–Crippen MR) is 211 cm³/mol. The maximum absolute atomic E-state index is 13.7. The molecule has 2 amide bonds. The van der Waals surface area contributed by atoms with E-state index in [1.807, 2.05) is 25.1 Å². The highest BCUT2D eigenvalue weighted by molar-refractivity contribution is 7.90. The first-order valence-electron chi connectivity index (χ1n) is 20.0. The Morgan fingerprint density at radius 3 is 2.69 bits per heavy atom. The van der Waals surface area contributed by atoms with E-state index in [2.05, 4.69) is 43.7 Å². The van der Waals surface area contributed by atoms with Crippen LogP contribution in [0.4, 0.5) is 5.69 Å². The number of nitrogens with one attached hydrogen (secondary N) is 1. The predicted octanol–water partition coefficient (Wildman–Crippen LogP) is 5.97. The van der Waals surface area contributed by atoms with Crippen molar-refractivity contribution in [3.8, 4) is 5.75 Å². The first kappa shape index (κ1) is 37.8. The van der Waals surface area contributed by atoms with Crippen molar-refractivity contribution in [2.24, 2.45) is 17.8 Å². The number of hydrogen-bond acceptors (Lipinski definition) is 8. The van der Waals surface area contributed by atoms with Crippen molar-refractivity contribution in [3.05, 3.63) is 70.3 Å². The van der Waals surface area contributed by atoms with Crippen LogP contribution in [0.3, 0.4) is 0 Å². The van der Waals surface area contributed by atoms with Gasteiger partial charge >= 0.3 is 0 Å². The molecule has 2 aromatic rings. The number of ether oxygens (including phenoxy) is 2. The fraction of sp³-hybridized carbons (Fsp3) is 0.619. The van der Waals surface area contributed by atoms with E-state index in [0.29, 0.717) is 38.4 Å². The molecule has 2 saturated heterocycles. The molecule has 2 aromatic carbocycles. The molecule has 2 bridgehead atoms. The molecule has 3 fully saturated rings. The molecule has 1 saturated carbocycles. The van der Waals surface area contributed by atoms with Gasteiger partial charge in [0.15, 0.2) is 0 Å². The van der Waals surface area contributed by atoms with E-state index in [-0.39, 0.29) is 40.7 Å². The third kappa shape index (κ3) is 6.96. The molecule has 2 aliphatic carbocycles. The van der Waals surface area contributed by atoms with E-state index < -0.39 is 26.8 Å². The number of piperazine rings is 1. The number of amides is 2. The lowest BCUT2D eigenvalue weighted by Gasteiger charge is -2.53. The minimum Gasteiger partial charge on any atom is -0.490 e. The van der Waals surface area contributed by atoms with Crippen molar-refractivity contribution >= 4 is 39.1 Å². The summed E-state index contributed by atoms with van der Waals surface area (Å²) in [4.78, 5) is 33.9. The fourth-order valence-corrected chi connectivity index (χ4v) is 11.9. The van der Waals surface area contributed by atoms with Gasteiger partial charge in [0.1, 0.15) is 11.4 Å². The molecule has 8 rings (SSSR count). The molecule has 12 heteroatoms. The largest absolute Gasteiger partial charge is 0.490 e. The monoisotopic (exact) mass is 778 g/mol. The van der Waals surface area contributed by atoms with Crippen LogP contribution in [-0.4, -0.2) is 99.9 Å². The normalized spacial score (nSPS) is 34.7. The molecular formula is C42H55ClN4O6S. The molecular weight excluding hydrogens is 724 g/mol. The summed E-state index contributed by atoms with van der Waals surface area (Å²) in [7, 11) is -2.20. The van der Waals surface area contributed by atoms with Crippen molar-refractivity contribution in [2.75, 3.05) is 57.9 Å². The van der Waals surface area contributed by atoms with Crippen LogP contribution >= 0.6 is 11.6 Å². The van der Waals surface area contributed by atoms with Crippen LogP contribution in [-0.2, 0) is 31.4 Å². The van der Waals surface area contributed by atoms with Gasteiger partial charge in [0.05, 0.1) is 24.1 Å². The average molecular weight is 779 g/mol. The lowest BCUT2D eigenvalue weighted by molar-refractivity contribution is -0.146. The molecule has 0 unspecified atom stereocenters. The van der Waals surface area contributed by atoms with E-state index in [1.165, 1.54) is 11.1 Å². The second-order valence-corrected chi connectivity index (χ2v) is 19.6. The fourth-order valence-electron chi connectivity index (χ4n) is 10.4. The zero-order valence-electron chi connectivity index (χ0n) is 31.9. The lowest BCUT2D eigenvalue weighted by Crippen LogP contribution is -2.63. The summed E-state index contributed by atoms with van der Waals surface area (Å²) in [5, 5.41) is -0.0828. The van der Waals surface area contributed by atoms with Gasteiger partial charge in [-0.15, -0.1) is 0 Å². The molecule has 292 valence electrons. The van der Waals surface area contributed by atoms with Crippen LogP contribution in [0.15, 0.2) is 48.6 Å². The average Bonchev–Trinajstić information content (AvgIpc) is 3.29. The van der Waals surface area contributed by atoms with Crippen LogP contribution in [0.1, 0.15) is 86.7 Å². The van der Waals surface area contributed by atoms with Gasteiger partial charge < -0.3 is 19.3 Å². The van der Waals surface area contributed by atoms with E-state index in [0.717, 1.165) is 81.7 Å². The zero-order valence-corrected chi connectivity index (χ0v) is 33.5. The standard InChI is InChI=1S/C42H55ClN4O6S/c1-28-8-6-18-42(52-3,26-45-23-34-10-4-5-19-47(34)39(48)24-45)36-14-11-32(36)22-46-25-41(17-7-9-30-20-33(43)13-15-35(30)41)27-53-38-16-12-31(21-37(38)46)40(49)44-54(50,51)29(28)2/h6,12-13,15-16,18,20-21,28-29,32,34,36H,4-5,7-11,14,17,19,22-27H2,1-3H3,(H,44,49)/b18-6-/t28-,29+,32-,34+,36+,41-,42-/m0/s1. The highest BCUT2D eigenvalue weighted by atomic mass is 35.5. The maximum atomic E-state index is 13.7. The summed E-state index contributed by atoms with van der Waals surface area (Å²) in [5.41, 5.74) is 2.63. The maximum Gasteiger partial charge on any atom is 0.264 e. The number of allylic oxidation sites excluding steroid dienone is 1. The van der Waals surface area contributed by atoms with Crippen molar-refractivity contribution < 1.29 is 27.5 Å². The van der Waals surface area contributed by atoms with Gasteiger partial charge in [-0.3, -0.25) is 14.5 Å². The van der Waals surface area contributed by atoms with Crippen LogP contribution in [0.25, 0.3) is 0 Å². The van der Waals surface area contributed by atoms with E-state index in [1.54, 1.807) is 20.1 Å². The van der Waals surface area contributed by atoms with E-state index in [4.69, 9.17) is 21.1 Å². The number of fused-ring (bicyclic) bond motifs is 5. The Balaban J connectivity index is 1.19. The topological polar surface area (TPSA) is 108 Å². The molecule has 4 heterocycles. The summed E-state index contributed by atoms with van der Waals surface area (Å²) in [6.07, 6.45) is 12.9. The molecule has 1 spiro atoms. The molecule has 10 nitrogen and oxygen atoms in total. The van der Waals surface area contributed by atoms with Crippen molar-refractivity contribution in [2.45, 2.75) is 93.9 Å². The third-order valence-corrected chi connectivity index (χ3v) is 16.0. The Kier molecular flexibility index (Phi) is 10.3. The van der Waals surface area contributed by atoms with E-state index in [9.17, 15) is 18.0 Å². The lowest BCUT2D eigenvalue weighted by atomic mass is 9.63. The number of benzene rings is 2. The summed E-state index contributed by atoms with van der Waals surface area (Å²) in [6.45, 7) is 8.12. The van der Waals surface area contributed by atoms with Crippen LogP contribution in [0.2, 0.25) is 5.02 Å². The van der Waals surface area contributed by atoms with Gasteiger partial charge in [0.2, 0.25) is 15.9 Å². The quantitative estimate of drug-likeness (QED) is 0.381. The molecule has 54 heavy (non-hydrogen) atoms. The summed E-state index contributed by atoms with van der Waals surface area (Å²) in [5.74, 6) is 0.413. The molecule has 0 aromatic heterocycles. The molecule has 6 aliphatic rings. The van der Waals surface area contributed by atoms with Crippen LogP contribution in [0.5, 0.6) is 5.75 Å². The minimum atomic E-state index is -3.99. The van der Waals surface area contributed by atoms with Gasteiger partial charge in [0.25, 0.3) is 5.91 Å². The highest BCUT2D eigenvalue weighted by Gasteiger charge is 2.51. The second-order valence-electron chi connectivity index (χ2n) is 17.1. The number of piperidine rings is 1. The van der Waals surface area contributed by atoms with Crippen LogP contribution in [0, 0.1) is 17.8 Å². The number of anilines is 1. The SMILES string of the molecule is CO[C@]1(CN2CC(=O)N3CCCC[C@@H]3C2)/C=C\C[C@H](C)[C@@H](C)S(=O)(=O)NC(=O)c2ccc3c(c2)N(C[C@@H]2CC[C@H]21)C[C@@]1(CCCc2cc(Cl)ccc21)CO3. The molecule has 4 aliphatic heterocycles. The Hall–Kier alpha value is -3.12. The van der Waals surface area contributed by atoms with Gasteiger partial charge in [0, 0.05) is 61.9 Å².